The number of benzene rings is 4. The Morgan fingerprint density at radius 3 is 1.36 bits per heavy atom. The fraction of sp³-hybridized carbons (Fsp3) is 0.206. The average molecular weight is 927 g/mol. The highest BCUT2D eigenvalue weighted by Gasteiger charge is 2.06. The van der Waals surface area contributed by atoms with Crippen LogP contribution < -0.4 is 5.73 Å². The molecule has 0 unspecified atom stereocenters. The van der Waals surface area contributed by atoms with Crippen LogP contribution in [0.15, 0.2) is 108 Å². The predicted octanol–water partition coefficient (Wildman–Crippen LogP) is 9.70. The Morgan fingerprint density at radius 1 is 0.681 bits per heavy atom. The zero-order valence-electron chi connectivity index (χ0n) is 26.3. The van der Waals surface area contributed by atoms with Crippen LogP contribution >= 0.6 is 76.1 Å². The number of nitrogens with zero attached hydrogens (tertiary/aromatic N) is 1. The van der Waals surface area contributed by atoms with Crippen LogP contribution in [0.4, 0.5) is 0 Å². The second kappa shape index (κ2) is 26.4. The first-order chi connectivity index (χ1) is 21.6. The van der Waals surface area contributed by atoms with Crippen molar-refractivity contribution in [1.82, 2.24) is 0 Å². The topological polar surface area (TPSA) is 153 Å². The van der Waals surface area contributed by atoms with Gasteiger partial charge in [-0.1, -0.05) is 88.0 Å². The number of carboxylic acid groups (broad SMARTS) is 1. The summed E-state index contributed by atoms with van der Waals surface area (Å²) in [5, 5.41) is 34.1. The van der Waals surface area contributed by atoms with Crippen LogP contribution in [-0.2, 0) is 17.9 Å². The first-order valence-electron chi connectivity index (χ1n) is 13.6. The minimum Gasteiger partial charge on any atom is -0.507 e. The van der Waals surface area contributed by atoms with Gasteiger partial charge in [0.1, 0.15) is 11.5 Å². The smallest absolute Gasteiger partial charge is 0.300 e. The van der Waals surface area contributed by atoms with E-state index >= 15 is 0 Å². The van der Waals surface area contributed by atoms with Crippen molar-refractivity contribution >= 4 is 93.6 Å². The molecule has 0 saturated heterocycles. The van der Waals surface area contributed by atoms with E-state index in [0.29, 0.717) is 18.7 Å². The fourth-order valence-corrected chi connectivity index (χ4v) is 4.35. The number of carbonyl (C=O) groups is 2. The minimum atomic E-state index is -0.833. The standard InChI is InChI=1S/C15H13Br2NO.C8H7BrO2.C7H8BrN.C2H4O2.C2H6O.ClH/c1-10(14-7-6-13(17)8-15(14)19)18-9-11-2-4-12(16)5-3-11;1-5(10)7-3-2-6(9)4-8(7)11;8-7-3-1-6(5-9)2-4-7;1-2(3)4;1-2-3;/h2-8,19H,9H2,1H3;2-4,11H,1H3;1-4H,5,9H2;1H3,(H,3,4);3H,2H2,1H3;1H. The van der Waals surface area contributed by atoms with Gasteiger partial charge in [-0.15, -0.1) is 12.4 Å². The van der Waals surface area contributed by atoms with Crippen molar-refractivity contribution < 1.29 is 30.0 Å². The third-order valence-electron chi connectivity index (χ3n) is 5.25. The number of aromatic hydroxyl groups is 2. The van der Waals surface area contributed by atoms with Gasteiger partial charge in [0.15, 0.2) is 5.78 Å². The third kappa shape index (κ3) is 21.8. The van der Waals surface area contributed by atoms with E-state index in [4.69, 9.17) is 20.7 Å². The molecule has 0 aliphatic rings. The molecule has 0 aliphatic heterocycles. The van der Waals surface area contributed by atoms with E-state index in [9.17, 15) is 15.0 Å². The van der Waals surface area contributed by atoms with Crippen LogP contribution in [0.2, 0.25) is 0 Å². The molecule has 0 saturated carbocycles. The van der Waals surface area contributed by atoms with Crippen LogP contribution in [0.3, 0.4) is 0 Å². The number of phenols is 2. The number of phenolic OH excluding ortho intramolecular Hbond substituents is 2. The highest BCUT2D eigenvalue weighted by Crippen LogP contribution is 2.24. The van der Waals surface area contributed by atoms with E-state index in [-0.39, 0.29) is 36.3 Å². The number of aliphatic hydroxyl groups excluding tert-OH is 1. The Hall–Kier alpha value is -2.58. The second-order valence-electron chi connectivity index (χ2n) is 9.07. The Bertz CT molecular complexity index is 1530. The predicted molar refractivity (Wildman–Crippen MR) is 207 cm³/mol. The number of rotatable bonds is 5. The Labute approximate surface area is 316 Å². The quantitative estimate of drug-likeness (QED) is 0.0987. The number of ketones is 1. The summed E-state index contributed by atoms with van der Waals surface area (Å²) in [7, 11) is 0. The molecule has 13 heteroatoms. The molecular formula is C34H39Br4ClN2O6. The SMILES string of the molecule is CC(=NCc1ccc(Br)cc1)c1ccc(Br)cc1O.CC(=O)O.CC(=O)c1ccc(Br)cc1O.CCO.Cl.NCc1ccc(Br)cc1. The summed E-state index contributed by atoms with van der Waals surface area (Å²) < 4.78 is 3.77. The van der Waals surface area contributed by atoms with Crippen molar-refractivity contribution in [2.75, 3.05) is 6.61 Å². The summed E-state index contributed by atoms with van der Waals surface area (Å²) in [5.41, 5.74) is 9.63. The van der Waals surface area contributed by atoms with E-state index in [0.717, 1.165) is 41.7 Å². The number of hydrogen-bond acceptors (Lipinski definition) is 7. The number of aliphatic carboxylic acids is 1. The van der Waals surface area contributed by atoms with E-state index in [1.807, 2.05) is 67.6 Å². The molecule has 4 aromatic rings. The minimum absolute atomic E-state index is 0. The van der Waals surface area contributed by atoms with Gasteiger partial charge >= 0.3 is 0 Å². The van der Waals surface area contributed by atoms with Gasteiger partial charge in [-0.05, 0) is 92.6 Å². The number of nitrogens with two attached hydrogens (primary N) is 1. The zero-order valence-corrected chi connectivity index (χ0v) is 33.4. The largest absolute Gasteiger partial charge is 0.507 e. The third-order valence-corrected chi connectivity index (χ3v) is 7.29. The van der Waals surface area contributed by atoms with Gasteiger partial charge in [-0.3, -0.25) is 14.6 Å². The number of halogens is 5. The van der Waals surface area contributed by atoms with E-state index in [2.05, 4.69) is 68.7 Å². The average Bonchev–Trinajstić information content (AvgIpc) is 2.98. The lowest BCUT2D eigenvalue weighted by atomic mass is 10.1. The van der Waals surface area contributed by atoms with Crippen molar-refractivity contribution in [1.29, 1.82) is 0 Å². The number of carbonyl (C=O) groups excluding carboxylic acids is 1. The molecule has 8 nitrogen and oxygen atoms in total. The lowest BCUT2D eigenvalue weighted by Gasteiger charge is -2.05. The molecule has 0 aromatic heterocycles. The molecule has 4 aromatic carbocycles. The number of hydrogen-bond donors (Lipinski definition) is 5. The molecular weight excluding hydrogens is 887 g/mol. The number of carboxylic acids is 1. The Kier molecular flexibility index (Phi) is 26.1. The maximum Gasteiger partial charge on any atom is 0.300 e. The van der Waals surface area contributed by atoms with Gasteiger partial charge < -0.3 is 26.2 Å². The van der Waals surface area contributed by atoms with Gasteiger partial charge in [0.2, 0.25) is 0 Å². The summed E-state index contributed by atoms with van der Waals surface area (Å²) in [6.45, 7) is 7.56. The maximum absolute atomic E-state index is 10.8. The van der Waals surface area contributed by atoms with Crippen LogP contribution in [0.25, 0.3) is 0 Å². The molecule has 0 atom stereocenters. The Morgan fingerprint density at radius 2 is 1.02 bits per heavy atom. The summed E-state index contributed by atoms with van der Waals surface area (Å²) in [4.78, 5) is 24.3. The zero-order chi connectivity index (χ0) is 35.2. The van der Waals surface area contributed by atoms with Crippen molar-refractivity contribution in [2.24, 2.45) is 10.7 Å². The number of aliphatic hydroxyl groups is 1. The molecule has 0 fully saturated rings. The van der Waals surface area contributed by atoms with E-state index in [1.165, 1.54) is 18.6 Å². The normalized spacial score (nSPS) is 9.70. The van der Waals surface area contributed by atoms with Gasteiger partial charge in [-0.2, -0.15) is 0 Å². The molecule has 6 N–H and O–H groups in total. The highest BCUT2D eigenvalue weighted by molar-refractivity contribution is 9.11. The molecule has 47 heavy (non-hydrogen) atoms. The van der Waals surface area contributed by atoms with Gasteiger partial charge in [0, 0.05) is 49.2 Å². The van der Waals surface area contributed by atoms with E-state index in [1.54, 1.807) is 25.1 Å². The maximum atomic E-state index is 10.8. The van der Waals surface area contributed by atoms with Crippen LogP contribution in [0, 0.1) is 0 Å². The summed E-state index contributed by atoms with van der Waals surface area (Å²) >= 11 is 13.2. The first kappa shape index (κ1) is 46.5. The Balaban J connectivity index is 0. The lowest BCUT2D eigenvalue weighted by molar-refractivity contribution is -0.134. The van der Waals surface area contributed by atoms with Gasteiger partial charge in [-0.25, -0.2) is 0 Å². The summed E-state index contributed by atoms with van der Waals surface area (Å²) in [6.07, 6.45) is 0. The van der Waals surface area contributed by atoms with Gasteiger partial charge in [0.25, 0.3) is 5.97 Å². The summed E-state index contributed by atoms with van der Waals surface area (Å²) in [6, 6.07) is 26.3. The van der Waals surface area contributed by atoms with Crippen molar-refractivity contribution in [2.45, 2.75) is 40.8 Å². The highest BCUT2D eigenvalue weighted by atomic mass is 79.9. The molecule has 0 radical (unpaired) electrons. The molecule has 4 rings (SSSR count). The lowest BCUT2D eigenvalue weighted by Crippen LogP contribution is -1.96. The molecule has 0 bridgehead atoms. The van der Waals surface area contributed by atoms with Crippen LogP contribution in [-0.4, -0.2) is 44.5 Å². The summed E-state index contributed by atoms with van der Waals surface area (Å²) in [5.74, 6) is -0.701. The second-order valence-corrected chi connectivity index (χ2v) is 12.7. The van der Waals surface area contributed by atoms with E-state index < -0.39 is 5.97 Å². The van der Waals surface area contributed by atoms with Crippen molar-refractivity contribution in [3.8, 4) is 11.5 Å². The molecule has 0 aliphatic carbocycles. The number of Topliss-reactive ketones (excluding diaryl/α,β-unsaturated/α-hetero) is 1. The van der Waals surface area contributed by atoms with Crippen molar-refractivity contribution in [3.05, 3.63) is 125 Å². The van der Waals surface area contributed by atoms with Crippen molar-refractivity contribution in [3.63, 3.8) is 0 Å². The molecule has 256 valence electrons. The van der Waals surface area contributed by atoms with Crippen LogP contribution in [0.5, 0.6) is 11.5 Å². The number of aliphatic imine (C=N–C) groups is 1. The molecule has 0 amide bonds. The molecule has 0 spiro atoms. The molecule has 0 heterocycles. The van der Waals surface area contributed by atoms with Crippen LogP contribution in [0.1, 0.15) is 54.7 Å². The monoisotopic (exact) mass is 922 g/mol. The fourth-order valence-electron chi connectivity index (χ4n) is 3.12. The first-order valence-corrected chi connectivity index (χ1v) is 16.8. The van der Waals surface area contributed by atoms with Gasteiger partial charge in [0.05, 0.1) is 12.1 Å².